The van der Waals surface area contributed by atoms with Gasteiger partial charge in [0.05, 0.1) is 0 Å². The molecule has 1 heterocycles. The van der Waals surface area contributed by atoms with Crippen LogP contribution in [0.4, 0.5) is 5.82 Å². The third kappa shape index (κ3) is 2.68. The van der Waals surface area contributed by atoms with E-state index in [-0.39, 0.29) is 5.91 Å². The van der Waals surface area contributed by atoms with E-state index in [4.69, 9.17) is 11.6 Å². The Morgan fingerprint density at radius 3 is 2.72 bits per heavy atom. The van der Waals surface area contributed by atoms with Crippen molar-refractivity contribution in [3.63, 3.8) is 0 Å². The molecule has 0 bridgehead atoms. The highest BCUT2D eigenvalue weighted by molar-refractivity contribution is 6.34. The summed E-state index contributed by atoms with van der Waals surface area (Å²) in [6.45, 7) is 1.94. The summed E-state index contributed by atoms with van der Waals surface area (Å²) in [6, 6.07) is 7.46. The third-order valence-corrected chi connectivity index (χ3v) is 2.72. The lowest BCUT2D eigenvalue weighted by Gasteiger charge is -2.09. The number of carbonyl (C=O) groups is 1. The SMILES string of the molecule is CCCC(=O)NNc1nnc(Cl)c2ccccc12. The molecule has 5 nitrogen and oxygen atoms in total. The largest absolute Gasteiger partial charge is 0.280 e. The topological polar surface area (TPSA) is 66.9 Å². The summed E-state index contributed by atoms with van der Waals surface area (Å²) >= 11 is 5.95. The number of rotatable bonds is 4. The molecule has 94 valence electrons. The Hall–Kier alpha value is -1.88. The number of aromatic nitrogens is 2. The first-order chi connectivity index (χ1) is 8.72. The molecule has 2 aromatic rings. The van der Waals surface area contributed by atoms with Gasteiger partial charge in [0.2, 0.25) is 5.91 Å². The number of hydrazine groups is 1. The fourth-order valence-electron chi connectivity index (χ4n) is 1.58. The first-order valence-electron chi connectivity index (χ1n) is 5.68. The highest BCUT2D eigenvalue weighted by atomic mass is 35.5. The molecule has 2 rings (SSSR count). The second kappa shape index (κ2) is 5.64. The van der Waals surface area contributed by atoms with Gasteiger partial charge in [-0.05, 0) is 6.42 Å². The summed E-state index contributed by atoms with van der Waals surface area (Å²) in [5.74, 6) is 0.401. The van der Waals surface area contributed by atoms with E-state index in [1.807, 2.05) is 31.2 Å². The fourth-order valence-corrected chi connectivity index (χ4v) is 1.78. The van der Waals surface area contributed by atoms with E-state index in [0.29, 0.717) is 17.4 Å². The first kappa shape index (κ1) is 12.6. The van der Waals surface area contributed by atoms with E-state index in [0.717, 1.165) is 17.2 Å². The van der Waals surface area contributed by atoms with Crippen molar-refractivity contribution in [2.45, 2.75) is 19.8 Å². The molecule has 6 heteroatoms. The molecule has 18 heavy (non-hydrogen) atoms. The smallest absolute Gasteiger partial charge is 0.238 e. The van der Waals surface area contributed by atoms with Crippen molar-refractivity contribution in [1.29, 1.82) is 0 Å². The maximum Gasteiger partial charge on any atom is 0.238 e. The molecule has 0 aliphatic carbocycles. The van der Waals surface area contributed by atoms with Crippen molar-refractivity contribution in [2.24, 2.45) is 0 Å². The minimum atomic E-state index is -0.0849. The van der Waals surface area contributed by atoms with Gasteiger partial charge in [-0.1, -0.05) is 42.8 Å². The van der Waals surface area contributed by atoms with E-state index >= 15 is 0 Å². The van der Waals surface area contributed by atoms with Gasteiger partial charge in [-0.25, -0.2) is 0 Å². The van der Waals surface area contributed by atoms with Gasteiger partial charge in [0.15, 0.2) is 11.0 Å². The molecule has 0 aliphatic rings. The number of nitrogens with zero attached hydrogens (tertiary/aromatic N) is 2. The minimum absolute atomic E-state index is 0.0849. The maximum absolute atomic E-state index is 11.4. The third-order valence-electron chi connectivity index (χ3n) is 2.44. The molecule has 0 saturated carbocycles. The van der Waals surface area contributed by atoms with Crippen LogP contribution in [0.2, 0.25) is 5.15 Å². The highest BCUT2D eigenvalue weighted by Gasteiger charge is 2.07. The van der Waals surface area contributed by atoms with Crippen LogP contribution in [0.15, 0.2) is 24.3 Å². The van der Waals surface area contributed by atoms with Crippen LogP contribution in [0.3, 0.4) is 0 Å². The number of hydrogen-bond donors (Lipinski definition) is 2. The van der Waals surface area contributed by atoms with Crippen molar-refractivity contribution >= 4 is 34.1 Å². The zero-order chi connectivity index (χ0) is 13.0. The average molecular weight is 265 g/mol. The Morgan fingerprint density at radius 1 is 1.28 bits per heavy atom. The summed E-state index contributed by atoms with van der Waals surface area (Å²) in [5.41, 5.74) is 5.34. The van der Waals surface area contributed by atoms with Crippen LogP contribution in [0.1, 0.15) is 19.8 Å². The van der Waals surface area contributed by atoms with Crippen molar-refractivity contribution in [3.05, 3.63) is 29.4 Å². The molecule has 0 fully saturated rings. The highest BCUT2D eigenvalue weighted by Crippen LogP contribution is 2.24. The van der Waals surface area contributed by atoms with Gasteiger partial charge >= 0.3 is 0 Å². The van der Waals surface area contributed by atoms with E-state index in [1.165, 1.54) is 0 Å². The standard InChI is InChI=1S/C12H13ClN4O/c1-2-5-10(18)14-16-12-9-7-4-3-6-8(9)11(13)15-17-12/h3-4,6-7H,2,5H2,1H3,(H,14,18)(H,16,17). The molecule has 1 amide bonds. The maximum atomic E-state index is 11.4. The number of amides is 1. The quantitative estimate of drug-likeness (QED) is 0.833. The van der Waals surface area contributed by atoms with Crippen LogP contribution >= 0.6 is 11.6 Å². The van der Waals surface area contributed by atoms with E-state index < -0.39 is 0 Å². The van der Waals surface area contributed by atoms with Crippen LogP contribution in [0.25, 0.3) is 10.8 Å². The predicted molar refractivity (Wildman–Crippen MR) is 71.2 cm³/mol. The summed E-state index contributed by atoms with van der Waals surface area (Å²) in [6.07, 6.45) is 1.26. The lowest BCUT2D eigenvalue weighted by atomic mass is 10.2. The molecule has 2 N–H and O–H groups in total. The number of benzene rings is 1. The zero-order valence-electron chi connectivity index (χ0n) is 9.90. The van der Waals surface area contributed by atoms with E-state index in [1.54, 1.807) is 0 Å². The lowest BCUT2D eigenvalue weighted by molar-refractivity contribution is -0.120. The van der Waals surface area contributed by atoms with Gasteiger partial charge in [-0.3, -0.25) is 15.6 Å². The Morgan fingerprint density at radius 2 is 2.00 bits per heavy atom. The van der Waals surface area contributed by atoms with Crippen LogP contribution in [-0.2, 0) is 4.79 Å². The van der Waals surface area contributed by atoms with Crippen molar-refractivity contribution in [2.75, 3.05) is 5.43 Å². The van der Waals surface area contributed by atoms with Crippen molar-refractivity contribution in [1.82, 2.24) is 15.6 Å². The summed E-state index contributed by atoms with van der Waals surface area (Å²) < 4.78 is 0. The monoisotopic (exact) mass is 264 g/mol. The van der Waals surface area contributed by atoms with Gasteiger partial charge in [0.1, 0.15) is 0 Å². The number of hydrogen-bond acceptors (Lipinski definition) is 4. The van der Waals surface area contributed by atoms with Gasteiger partial charge < -0.3 is 0 Å². The summed E-state index contributed by atoms with van der Waals surface area (Å²) in [7, 11) is 0. The molecule has 0 atom stereocenters. The van der Waals surface area contributed by atoms with Gasteiger partial charge in [-0.2, -0.15) is 0 Å². The molecule has 1 aromatic heterocycles. The van der Waals surface area contributed by atoms with Crippen LogP contribution in [-0.4, -0.2) is 16.1 Å². The molecule has 0 spiro atoms. The molecule has 0 radical (unpaired) electrons. The number of anilines is 1. The average Bonchev–Trinajstić information content (AvgIpc) is 2.39. The van der Waals surface area contributed by atoms with Crippen LogP contribution in [0, 0.1) is 0 Å². The van der Waals surface area contributed by atoms with E-state index in [2.05, 4.69) is 21.0 Å². The second-order valence-corrected chi connectivity index (χ2v) is 4.17. The number of fused-ring (bicyclic) bond motifs is 1. The van der Waals surface area contributed by atoms with Crippen LogP contribution < -0.4 is 10.9 Å². The molecule has 0 saturated heterocycles. The Kier molecular flexibility index (Phi) is 3.94. The predicted octanol–water partition coefficient (Wildman–Crippen LogP) is 2.53. The van der Waals surface area contributed by atoms with Gasteiger partial charge in [-0.15, -0.1) is 10.2 Å². The van der Waals surface area contributed by atoms with Gasteiger partial charge in [0.25, 0.3) is 0 Å². The molecule has 1 aromatic carbocycles. The number of carbonyl (C=O) groups excluding carboxylic acids is 1. The molecular formula is C12H13ClN4O. The molecule has 0 aliphatic heterocycles. The van der Waals surface area contributed by atoms with Crippen molar-refractivity contribution in [3.8, 4) is 0 Å². The second-order valence-electron chi connectivity index (χ2n) is 3.81. The van der Waals surface area contributed by atoms with E-state index in [9.17, 15) is 4.79 Å². The fraction of sp³-hybridized carbons (Fsp3) is 0.250. The zero-order valence-corrected chi connectivity index (χ0v) is 10.7. The first-order valence-corrected chi connectivity index (χ1v) is 6.06. The number of halogens is 1. The summed E-state index contributed by atoms with van der Waals surface area (Å²) in [4.78, 5) is 11.4. The Balaban J connectivity index is 2.24. The Labute approximate surface area is 110 Å². The number of nitrogens with one attached hydrogen (secondary N) is 2. The van der Waals surface area contributed by atoms with Crippen molar-refractivity contribution < 1.29 is 4.79 Å². The summed E-state index contributed by atoms with van der Waals surface area (Å²) in [5, 5.41) is 9.71. The lowest BCUT2D eigenvalue weighted by Crippen LogP contribution is -2.29. The molecular weight excluding hydrogens is 252 g/mol. The Bertz CT molecular complexity index is 573. The van der Waals surface area contributed by atoms with Crippen LogP contribution in [0.5, 0.6) is 0 Å². The van der Waals surface area contributed by atoms with Gasteiger partial charge in [0, 0.05) is 17.2 Å². The minimum Gasteiger partial charge on any atom is -0.280 e. The molecule has 0 unspecified atom stereocenters. The normalized spacial score (nSPS) is 10.3.